The second kappa shape index (κ2) is 6.54. The fourth-order valence-electron chi connectivity index (χ4n) is 2.21. The average Bonchev–Trinajstić information content (AvgIpc) is 3.10. The molecule has 0 aliphatic heterocycles. The highest BCUT2D eigenvalue weighted by molar-refractivity contribution is 7.03. The van der Waals surface area contributed by atoms with E-state index >= 15 is 0 Å². The Balaban J connectivity index is 1.82. The summed E-state index contributed by atoms with van der Waals surface area (Å²) in [6.07, 6.45) is 1.78. The van der Waals surface area contributed by atoms with Crippen molar-refractivity contribution in [3.63, 3.8) is 0 Å². The topological polar surface area (TPSA) is 59.1 Å². The van der Waals surface area contributed by atoms with Gasteiger partial charge < -0.3 is 5.32 Å². The summed E-state index contributed by atoms with van der Waals surface area (Å²) < 4.78 is 4.08. The van der Waals surface area contributed by atoms with Crippen LogP contribution < -0.4 is 5.32 Å². The Morgan fingerprint density at radius 1 is 1.00 bits per heavy atom. The number of hydrogen-bond donors (Lipinski definition) is 1. The Bertz CT molecular complexity index is 857. The van der Waals surface area contributed by atoms with Crippen molar-refractivity contribution in [3.8, 4) is 11.1 Å². The smallest absolute Gasteiger partial charge is 0.255 e. The predicted octanol–water partition coefficient (Wildman–Crippen LogP) is 4.27. The minimum atomic E-state index is -0.212. The zero-order chi connectivity index (χ0) is 16.2. The van der Waals surface area contributed by atoms with Crippen LogP contribution in [0.5, 0.6) is 0 Å². The normalized spacial score (nSPS) is 10.3. The van der Waals surface area contributed by atoms with E-state index < -0.39 is 0 Å². The van der Waals surface area contributed by atoms with E-state index in [9.17, 15) is 9.59 Å². The van der Waals surface area contributed by atoms with Crippen LogP contribution in [0.3, 0.4) is 0 Å². The van der Waals surface area contributed by atoms with E-state index in [2.05, 4.69) is 9.69 Å². The lowest BCUT2D eigenvalue weighted by atomic mass is 10.1. The second-order valence-corrected chi connectivity index (χ2v) is 5.74. The summed E-state index contributed by atoms with van der Waals surface area (Å²) in [7, 11) is 0. The van der Waals surface area contributed by atoms with E-state index in [1.54, 1.807) is 36.5 Å². The van der Waals surface area contributed by atoms with Gasteiger partial charge in [-0.2, -0.15) is 0 Å². The molecule has 0 aliphatic carbocycles. The first-order valence-electron chi connectivity index (χ1n) is 7.05. The van der Waals surface area contributed by atoms with E-state index in [-0.39, 0.29) is 11.7 Å². The molecule has 23 heavy (non-hydrogen) atoms. The van der Waals surface area contributed by atoms with Crippen LogP contribution in [-0.2, 0) is 0 Å². The second-order valence-electron chi connectivity index (χ2n) is 5.09. The van der Waals surface area contributed by atoms with Gasteiger partial charge in [0.15, 0.2) is 5.78 Å². The molecule has 1 heterocycles. The number of nitrogens with one attached hydrogen (secondary N) is 1. The van der Waals surface area contributed by atoms with Gasteiger partial charge in [0.2, 0.25) is 0 Å². The summed E-state index contributed by atoms with van der Waals surface area (Å²) in [6, 6.07) is 14.3. The molecule has 4 nitrogen and oxygen atoms in total. The van der Waals surface area contributed by atoms with Crippen LogP contribution in [0, 0.1) is 0 Å². The van der Waals surface area contributed by atoms with Crippen LogP contribution >= 0.6 is 11.5 Å². The molecule has 0 unspecified atom stereocenters. The van der Waals surface area contributed by atoms with Crippen LogP contribution in [0.25, 0.3) is 11.1 Å². The van der Waals surface area contributed by atoms with Crippen molar-refractivity contribution in [3.05, 3.63) is 71.2 Å². The molecule has 0 saturated heterocycles. The third kappa shape index (κ3) is 3.52. The maximum atomic E-state index is 12.4. The fourth-order valence-corrected chi connectivity index (χ4v) is 2.75. The molecule has 0 bridgehead atoms. The molecule has 5 heteroatoms. The van der Waals surface area contributed by atoms with Gasteiger partial charge in [-0.3, -0.25) is 9.59 Å². The van der Waals surface area contributed by atoms with Gasteiger partial charge in [0.25, 0.3) is 5.91 Å². The zero-order valence-corrected chi connectivity index (χ0v) is 13.3. The molecule has 1 amide bonds. The van der Waals surface area contributed by atoms with Crippen molar-refractivity contribution in [2.45, 2.75) is 6.92 Å². The molecular weight excluding hydrogens is 308 g/mol. The predicted molar refractivity (Wildman–Crippen MR) is 91.9 cm³/mol. The monoisotopic (exact) mass is 322 g/mol. The lowest BCUT2D eigenvalue weighted by molar-refractivity contribution is 0.101. The molecule has 0 fully saturated rings. The molecule has 1 N–H and O–H groups in total. The first-order valence-corrected chi connectivity index (χ1v) is 7.89. The summed E-state index contributed by atoms with van der Waals surface area (Å²) in [6.45, 7) is 1.50. The minimum Gasteiger partial charge on any atom is -0.322 e. The summed E-state index contributed by atoms with van der Waals surface area (Å²) in [5.74, 6) is -0.246. The van der Waals surface area contributed by atoms with Crippen molar-refractivity contribution in [1.82, 2.24) is 4.37 Å². The number of Topliss-reactive ketones (excluding diaryl/α,β-unsaturated/α-hetero) is 1. The molecule has 114 valence electrons. The van der Waals surface area contributed by atoms with Crippen molar-refractivity contribution >= 4 is 28.9 Å². The SMILES string of the molecule is CC(=O)c1cccc(NC(=O)c2cccc(-c3cnsc3)c2)c1. The highest BCUT2D eigenvalue weighted by Gasteiger charge is 2.09. The van der Waals surface area contributed by atoms with Crippen molar-refractivity contribution < 1.29 is 9.59 Å². The highest BCUT2D eigenvalue weighted by Crippen LogP contribution is 2.22. The largest absolute Gasteiger partial charge is 0.322 e. The van der Waals surface area contributed by atoms with Crippen LogP contribution in [0.1, 0.15) is 27.6 Å². The fraction of sp³-hybridized carbons (Fsp3) is 0.0556. The summed E-state index contributed by atoms with van der Waals surface area (Å²) in [5.41, 5.74) is 3.67. The molecule has 2 aromatic carbocycles. The van der Waals surface area contributed by atoms with Crippen molar-refractivity contribution in [2.75, 3.05) is 5.32 Å². The zero-order valence-electron chi connectivity index (χ0n) is 12.4. The molecule has 0 atom stereocenters. The Hall–Kier alpha value is -2.79. The van der Waals surface area contributed by atoms with Crippen LogP contribution in [0.4, 0.5) is 5.69 Å². The van der Waals surface area contributed by atoms with Gasteiger partial charge in [-0.15, -0.1) is 0 Å². The van der Waals surface area contributed by atoms with E-state index in [0.29, 0.717) is 16.8 Å². The van der Waals surface area contributed by atoms with Crippen LogP contribution in [0.2, 0.25) is 0 Å². The number of anilines is 1. The lowest BCUT2D eigenvalue weighted by Gasteiger charge is -2.07. The Morgan fingerprint density at radius 3 is 2.52 bits per heavy atom. The van der Waals surface area contributed by atoms with Gasteiger partial charge >= 0.3 is 0 Å². The molecule has 0 spiro atoms. The Kier molecular flexibility index (Phi) is 4.30. The van der Waals surface area contributed by atoms with Gasteiger partial charge in [0, 0.05) is 34.0 Å². The third-order valence-corrected chi connectivity index (χ3v) is 4.00. The highest BCUT2D eigenvalue weighted by atomic mass is 32.1. The maximum absolute atomic E-state index is 12.4. The van der Waals surface area contributed by atoms with E-state index in [4.69, 9.17) is 0 Å². The van der Waals surface area contributed by atoms with Gasteiger partial charge in [-0.05, 0) is 48.3 Å². The number of aromatic nitrogens is 1. The number of nitrogens with zero attached hydrogens (tertiary/aromatic N) is 1. The molecule has 0 saturated carbocycles. The quantitative estimate of drug-likeness (QED) is 0.730. The summed E-state index contributed by atoms with van der Waals surface area (Å²) in [4.78, 5) is 23.8. The number of carbonyl (C=O) groups is 2. The lowest BCUT2D eigenvalue weighted by Crippen LogP contribution is -2.12. The molecule has 3 rings (SSSR count). The summed E-state index contributed by atoms with van der Waals surface area (Å²) >= 11 is 1.37. The minimum absolute atomic E-state index is 0.0342. The van der Waals surface area contributed by atoms with Gasteiger partial charge in [-0.1, -0.05) is 24.3 Å². The van der Waals surface area contributed by atoms with Crippen LogP contribution in [-0.4, -0.2) is 16.1 Å². The van der Waals surface area contributed by atoms with E-state index in [1.165, 1.54) is 18.5 Å². The van der Waals surface area contributed by atoms with Crippen molar-refractivity contribution in [2.24, 2.45) is 0 Å². The van der Waals surface area contributed by atoms with E-state index in [0.717, 1.165) is 11.1 Å². The Morgan fingerprint density at radius 2 is 1.78 bits per heavy atom. The molecule has 3 aromatic rings. The first kappa shape index (κ1) is 15.1. The van der Waals surface area contributed by atoms with Gasteiger partial charge in [-0.25, -0.2) is 4.37 Å². The number of benzene rings is 2. The Labute approximate surface area is 138 Å². The standard InChI is InChI=1S/C18H14N2O2S/c1-12(21)13-4-3-7-17(9-13)20-18(22)15-6-2-5-14(8-15)16-10-19-23-11-16/h2-11H,1H3,(H,20,22). The average molecular weight is 322 g/mol. The number of rotatable bonds is 4. The van der Waals surface area contributed by atoms with Crippen LogP contribution in [0.15, 0.2) is 60.1 Å². The van der Waals surface area contributed by atoms with Crippen molar-refractivity contribution in [1.29, 1.82) is 0 Å². The molecule has 1 aromatic heterocycles. The first-order chi connectivity index (χ1) is 11.1. The number of hydrogen-bond acceptors (Lipinski definition) is 4. The molecular formula is C18H14N2O2S. The van der Waals surface area contributed by atoms with Gasteiger partial charge in [0.1, 0.15) is 0 Å². The van der Waals surface area contributed by atoms with E-state index in [1.807, 2.05) is 23.6 Å². The summed E-state index contributed by atoms with van der Waals surface area (Å²) in [5, 5.41) is 4.76. The molecule has 0 radical (unpaired) electrons. The maximum Gasteiger partial charge on any atom is 0.255 e. The third-order valence-electron chi connectivity index (χ3n) is 3.42. The number of carbonyl (C=O) groups excluding carboxylic acids is 2. The molecule has 0 aliphatic rings. The number of ketones is 1. The van der Waals surface area contributed by atoms with Gasteiger partial charge in [0.05, 0.1) is 0 Å². The number of amides is 1.